The molecule has 0 unspecified atom stereocenters. The van der Waals surface area contributed by atoms with Crippen LogP contribution in [0.2, 0.25) is 0 Å². The topological polar surface area (TPSA) is 108 Å². The van der Waals surface area contributed by atoms with Crippen molar-refractivity contribution in [2.45, 2.75) is 84.7 Å². The quantitative estimate of drug-likeness (QED) is 0.395. The first-order valence-electron chi connectivity index (χ1n) is 16.0. The van der Waals surface area contributed by atoms with Gasteiger partial charge in [0.25, 0.3) is 5.91 Å². The zero-order chi connectivity index (χ0) is 31.9. The standard InChI is InChI=1S/C24H32FN5O2.C8H17NO2S.H2/c1-5-30(17(2)3)23(31)19-12-18(25)6-7-20(19)32-21-13-26-16-27-22(21)29-14-24(15-29)8-10-28(4)11-9-24;1-2-12(10,11)9-8-6-4-3-5-7-8;/h6-7,12-13,16-17H,5,8-11,14-15H2,1-4H3;8-9H,2-7H2,1H3;1H. The van der Waals surface area contributed by atoms with Crippen molar-refractivity contribution in [3.8, 4) is 11.5 Å². The molecule has 44 heavy (non-hydrogen) atoms. The summed E-state index contributed by atoms with van der Waals surface area (Å²) in [4.78, 5) is 28.0. The lowest BCUT2D eigenvalue weighted by Crippen LogP contribution is -2.60. The number of carbonyl (C=O) groups is 1. The SMILES string of the molecule is CCN(C(=O)c1cc(F)ccc1Oc1cncnc1N1CC2(CCN(C)CC2)C1)C(C)C.CCS(=O)(=O)NC1CCCCC1.[HH]. The van der Waals surface area contributed by atoms with E-state index >= 15 is 0 Å². The average Bonchev–Trinajstić information content (AvgIpc) is 2.98. The molecule has 0 atom stereocenters. The lowest BCUT2D eigenvalue weighted by molar-refractivity contribution is 0.0713. The Bertz CT molecular complexity index is 1360. The van der Waals surface area contributed by atoms with E-state index in [4.69, 9.17) is 4.74 Å². The number of piperidine rings is 1. The zero-order valence-electron chi connectivity index (χ0n) is 26.9. The third kappa shape index (κ3) is 8.66. The van der Waals surface area contributed by atoms with Gasteiger partial charge < -0.3 is 19.4 Å². The average molecular weight is 635 g/mol. The Morgan fingerprint density at radius 3 is 2.45 bits per heavy atom. The van der Waals surface area contributed by atoms with Crippen molar-refractivity contribution in [2.24, 2.45) is 5.41 Å². The number of benzene rings is 1. The normalized spacial score (nSPS) is 18.8. The van der Waals surface area contributed by atoms with Crippen LogP contribution in [0.4, 0.5) is 10.2 Å². The summed E-state index contributed by atoms with van der Waals surface area (Å²) in [7, 11) is -0.802. The number of ether oxygens (including phenoxy) is 1. The molecule has 5 rings (SSSR count). The van der Waals surface area contributed by atoms with Crippen LogP contribution in [0.15, 0.2) is 30.7 Å². The van der Waals surface area contributed by atoms with Gasteiger partial charge in [-0.2, -0.15) is 0 Å². The van der Waals surface area contributed by atoms with Crippen molar-refractivity contribution in [3.05, 3.63) is 42.1 Å². The molecular formula is C32H51FN6O4S. The van der Waals surface area contributed by atoms with Crippen LogP contribution in [0.5, 0.6) is 11.5 Å². The molecule has 1 amide bonds. The first kappa shape index (κ1) is 34.1. The summed E-state index contributed by atoms with van der Waals surface area (Å²) in [6, 6.07) is 4.25. The predicted octanol–water partition coefficient (Wildman–Crippen LogP) is 5.31. The van der Waals surface area contributed by atoms with Crippen LogP contribution in [0.3, 0.4) is 0 Å². The van der Waals surface area contributed by atoms with E-state index in [1.165, 1.54) is 43.8 Å². The van der Waals surface area contributed by atoms with Crippen LogP contribution in [-0.2, 0) is 10.0 Å². The maximum Gasteiger partial charge on any atom is 0.257 e. The predicted molar refractivity (Wildman–Crippen MR) is 173 cm³/mol. The Morgan fingerprint density at radius 1 is 1.16 bits per heavy atom. The summed E-state index contributed by atoms with van der Waals surface area (Å²) in [6.45, 7) is 12.1. The maximum atomic E-state index is 14.1. The highest BCUT2D eigenvalue weighted by atomic mass is 32.2. The number of likely N-dealkylation sites (tertiary alicyclic amines) is 1. The van der Waals surface area contributed by atoms with Crippen LogP contribution in [0.1, 0.15) is 84.4 Å². The van der Waals surface area contributed by atoms with E-state index < -0.39 is 15.8 Å². The second kappa shape index (κ2) is 15.0. The van der Waals surface area contributed by atoms with Gasteiger partial charge in [-0.25, -0.2) is 27.5 Å². The Labute approximate surface area is 263 Å². The van der Waals surface area contributed by atoms with Crippen molar-refractivity contribution in [3.63, 3.8) is 0 Å². The van der Waals surface area contributed by atoms with Crippen molar-refractivity contribution in [1.29, 1.82) is 0 Å². The number of nitrogens with one attached hydrogen (secondary N) is 1. The molecule has 1 saturated carbocycles. The van der Waals surface area contributed by atoms with Gasteiger partial charge in [0.1, 0.15) is 17.9 Å². The highest BCUT2D eigenvalue weighted by molar-refractivity contribution is 7.89. The largest absolute Gasteiger partial charge is 0.451 e. The molecule has 2 aliphatic heterocycles. The monoisotopic (exact) mass is 634 g/mol. The number of aromatic nitrogens is 2. The van der Waals surface area contributed by atoms with Crippen molar-refractivity contribution in [1.82, 2.24) is 24.5 Å². The molecule has 0 radical (unpaired) electrons. The number of hydrogen-bond acceptors (Lipinski definition) is 8. The number of anilines is 1. The van der Waals surface area contributed by atoms with Crippen molar-refractivity contribution >= 4 is 21.7 Å². The van der Waals surface area contributed by atoms with Gasteiger partial charge in [0, 0.05) is 38.6 Å². The fraction of sp³-hybridized carbons (Fsp3) is 0.656. The highest BCUT2D eigenvalue weighted by Crippen LogP contribution is 2.44. The van der Waals surface area contributed by atoms with Gasteiger partial charge in [-0.3, -0.25) is 4.79 Å². The Kier molecular flexibility index (Phi) is 11.6. The van der Waals surface area contributed by atoms with Gasteiger partial charge in [-0.05, 0) is 91.7 Å². The third-order valence-electron chi connectivity index (χ3n) is 9.01. The molecule has 246 valence electrons. The van der Waals surface area contributed by atoms with Crippen molar-refractivity contribution < 1.29 is 23.8 Å². The number of halogens is 1. The van der Waals surface area contributed by atoms with Gasteiger partial charge in [0.05, 0.1) is 17.5 Å². The summed E-state index contributed by atoms with van der Waals surface area (Å²) in [5.74, 6) is 0.957. The van der Waals surface area contributed by atoms with Gasteiger partial charge in [-0.1, -0.05) is 19.3 Å². The van der Waals surface area contributed by atoms with Crippen molar-refractivity contribution in [2.75, 3.05) is 50.4 Å². The molecule has 2 aromatic rings. The van der Waals surface area contributed by atoms with E-state index in [1.54, 1.807) is 18.0 Å². The molecule has 2 saturated heterocycles. The van der Waals surface area contributed by atoms with Gasteiger partial charge >= 0.3 is 0 Å². The van der Waals surface area contributed by atoms with Gasteiger partial charge in [0.15, 0.2) is 11.6 Å². The Morgan fingerprint density at radius 2 is 1.84 bits per heavy atom. The Balaban J connectivity index is 0.000000359. The third-order valence-corrected chi connectivity index (χ3v) is 10.5. The molecule has 1 N–H and O–H groups in total. The molecule has 3 fully saturated rings. The second-order valence-electron chi connectivity index (χ2n) is 12.7. The summed E-state index contributed by atoms with van der Waals surface area (Å²) < 4.78 is 45.2. The van der Waals surface area contributed by atoms with Crippen LogP contribution in [-0.4, -0.2) is 91.7 Å². The summed E-state index contributed by atoms with van der Waals surface area (Å²) >= 11 is 0. The van der Waals surface area contributed by atoms with E-state index in [1.807, 2.05) is 20.8 Å². The molecule has 12 heteroatoms. The van der Waals surface area contributed by atoms with E-state index in [0.717, 1.165) is 51.9 Å². The minimum Gasteiger partial charge on any atom is -0.451 e. The molecule has 1 aromatic heterocycles. The molecule has 10 nitrogen and oxygen atoms in total. The maximum absolute atomic E-state index is 14.1. The number of hydrogen-bond donors (Lipinski definition) is 1. The minimum atomic E-state index is -2.97. The Hall–Kier alpha value is -2.83. The molecule has 3 heterocycles. The summed E-state index contributed by atoms with van der Waals surface area (Å²) in [5.41, 5.74) is 0.538. The number of nitrogens with zero attached hydrogens (tertiary/aromatic N) is 5. The minimum absolute atomic E-state index is 0. The van der Waals surface area contributed by atoms with Crippen LogP contribution < -0.4 is 14.4 Å². The van der Waals surface area contributed by atoms with Crippen LogP contribution in [0.25, 0.3) is 0 Å². The molecule has 0 bridgehead atoms. The number of rotatable bonds is 9. The fourth-order valence-electron chi connectivity index (χ4n) is 6.27. The molecular weight excluding hydrogens is 583 g/mol. The highest BCUT2D eigenvalue weighted by Gasteiger charge is 2.45. The lowest BCUT2D eigenvalue weighted by atomic mass is 9.72. The number of carbonyl (C=O) groups excluding carboxylic acids is 1. The molecule has 1 aromatic carbocycles. The van der Waals surface area contributed by atoms with Gasteiger partial charge in [0.2, 0.25) is 10.0 Å². The summed E-state index contributed by atoms with van der Waals surface area (Å²) in [6.07, 6.45) is 11.1. The lowest BCUT2D eigenvalue weighted by Gasteiger charge is -2.54. The number of sulfonamides is 1. The zero-order valence-corrected chi connectivity index (χ0v) is 27.7. The second-order valence-corrected chi connectivity index (χ2v) is 14.7. The van der Waals surface area contributed by atoms with E-state index in [0.29, 0.717) is 29.3 Å². The molecule has 1 spiro atoms. The number of amides is 1. The van der Waals surface area contributed by atoms with E-state index in [-0.39, 0.29) is 30.7 Å². The fourth-order valence-corrected chi connectivity index (χ4v) is 7.18. The first-order valence-corrected chi connectivity index (χ1v) is 17.6. The first-order chi connectivity index (χ1) is 21.0. The van der Waals surface area contributed by atoms with Crippen LogP contribution in [0, 0.1) is 11.2 Å². The van der Waals surface area contributed by atoms with E-state index in [9.17, 15) is 17.6 Å². The molecule has 1 aliphatic carbocycles. The smallest absolute Gasteiger partial charge is 0.257 e. The van der Waals surface area contributed by atoms with Crippen LogP contribution >= 0.6 is 0 Å². The van der Waals surface area contributed by atoms with Gasteiger partial charge in [-0.15, -0.1) is 0 Å². The van der Waals surface area contributed by atoms with E-state index in [2.05, 4.69) is 31.5 Å². The molecule has 3 aliphatic rings. The summed E-state index contributed by atoms with van der Waals surface area (Å²) in [5, 5.41) is 0.